The van der Waals surface area contributed by atoms with E-state index in [1.165, 1.54) is 6.07 Å². The lowest BCUT2D eigenvalue weighted by atomic mass is 10.2. The molecule has 19 heavy (non-hydrogen) atoms. The third kappa shape index (κ3) is 2.08. The highest BCUT2D eigenvalue weighted by Gasteiger charge is 2.13. The van der Waals surface area contributed by atoms with E-state index in [2.05, 4.69) is 10.3 Å². The van der Waals surface area contributed by atoms with Gasteiger partial charge in [0.25, 0.3) is 0 Å². The third-order valence-corrected chi connectivity index (χ3v) is 2.93. The summed E-state index contributed by atoms with van der Waals surface area (Å²) in [5.41, 5.74) is 1.29. The lowest BCUT2D eigenvalue weighted by Crippen LogP contribution is -2.03. The maximum Gasteiger partial charge on any atom is 0.338 e. The van der Waals surface area contributed by atoms with Crippen LogP contribution in [0.2, 0.25) is 0 Å². The van der Waals surface area contributed by atoms with Gasteiger partial charge in [-0.05, 0) is 24.3 Å². The molecule has 1 aromatic carbocycles. The Hall–Kier alpha value is -2.63. The van der Waals surface area contributed by atoms with Crippen LogP contribution >= 0.6 is 0 Å². The van der Waals surface area contributed by atoms with Crippen molar-refractivity contribution >= 4 is 17.0 Å². The summed E-state index contributed by atoms with van der Waals surface area (Å²) in [5.74, 6) is -0.137. The minimum absolute atomic E-state index is 0.168. The first-order chi connectivity index (χ1) is 9.25. The zero-order valence-corrected chi connectivity index (χ0v) is 9.98. The highest BCUT2D eigenvalue weighted by molar-refractivity contribution is 6.00. The van der Waals surface area contributed by atoms with Gasteiger partial charge in [-0.1, -0.05) is 11.3 Å². The topological polar surface area (TPSA) is 81.1 Å². The van der Waals surface area contributed by atoms with Crippen LogP contribution in [0.5, 0.6) is 0 Å². The zero-order valence-electron chi connectivity index (χ0n) is 9.98. The number of carboxylic acids is 1. The van der Waals surface area contributed by atoms with Crippen LogP contribution < -0.4 is 0 Å². The van der Waals surface area contributed by atoms with E-state index in [1.807, 2.05) is 18.2 Å². The number of rotatable bonds is 4. The van der Waals surface area contributed by atoms with Crippen molar-refractivity contribution in [2.24, 2.45) is 0 Å². The van der Waals surface area contributed by atoms with Crippen LogP contribution in [0.4, 0.5) is 0 Å². The molecule has 0 aliphatic rings. The van der Waals surface area contributed by atoms with Crippen molar-refractivity contribution in [2.45, 2.75) is 13.0 Å². The molecule has 1 N–H and O–H groups in total. The number of fused-ring (bicyclic) bond motifs is 1. The van der Waals surface area contributed by atoms with Crippen LogP contribution in [0.25, 0.3) is 11.0 Å². The van der Waals surface area contributed by atoms with E-state index in [9.17, 15) is 4.79 Å². The molecule has 96 valence electrons. The van der Waals surface area contributed by atoms with E-state index in [0.717, 1.165) is 5.76 Å². The smallest absolute Gasteiger partial charge is 0.338 e. The minimum atomic E-state index is -0.997. The Labute approximate surface area is 108 Å². The van der Waals surface area contributed by atoms with Gasteiger partial charge in [-0.25, -0.2) is 9.48 Å². The molecule has 0 amide bonds. The molecule has 0 radical (unpaired) electrons. The van der Waals surface area contributed by atoms with Crippen molar-refractivity contribution in [3.63, 3.8) is 0 Å². The molecule has 0 aliphatic heterocycles. The lowest BCUT2D eigenvalue weighted by molar-refractivity contribution is 0.0699. The Bertz CT molecular complexity index is 716. The summed E-state index contributed by atoms with van der Waals surface area (Å²) >= 11 is 0. The second-order valence-corrected chi connectivity index (χ2v) is 4.12. The van der Waals surface area contributed by atoms with Crippen molar-refractivity contribution in [2.75, 3.05) is 0 Å². The molecule has 3 aromatic rings. The van der Waals surface area contributed by atoms with Crippen LogP contribution in [0.3, 0.4) is 0 Å². The standard InChI is InChI=1S/C13H11N3O3/c17-13(18)10-4-1-5-11-12(10)14-15-16(11)7-6-9-3-2-8-19-9/h1-5,8H,6-7H2,(H,17,18). The average Bonchev–Trinajstić information content (AvgIpc) is 3.05. The van der Waals surface area contributed by atoms with Crippen molar-refractivity contribution in [1.29, 1.82) is 0 Å². The van der Waals surface area contributed by atoms with Crippen molar-refractivity contribution in [1.82, 2.24) is 15.0 Å². The second kappa shape index (κ2) is 4.56. The van der Waals surface area contributed by atoms with Gasteiger partial charge in [-0.3, -0.25) is 0 Å². The number of aryl methyl sites for hydroxylation is 2. The second-order valence-electron chi connectivity index (χ2n) is 4.12. The quantitative estimate of drug-likeness (QED) is 0.772. The Kier molecular flexibility index (Phi) is 2.75. The molecule has 6 nitrogen and oxygen atoms in total. The summed E-state index contributed by atoms with van der Waals surface area (Å²) in [6.45, 7) is 0.590. The SMILES string of the molecule is O=C(O)c1cccc2c1nnn2CCc1ccco1. The molecule has 0 spiro atoms. The molecule has 0 bridgehead atoms. The fraction of sp³-hybridized carbons (Fsp3) is 0.154. The first kappa shape index (κ1) is 11.5. The van der Waals surface area contributed by atoms with E-state index in [4.69, 9.17) is 9.52 Å². The average molecular weight is 257 g/mol. The largest absolute Gasteiger partial charge is 0.478 e. The molecule has 0 atom stereocenters. The van der Waals surface area contributed by atoms with Crippen LogP contribution in [0.15, 0.2) is 41.0 Å². The van der Waals surface area contributed by atoms with Crippen LogP contribution in [0.1, 0.15) is 16.1 Å². The molecule has 2 aromatic heterocycles. The number of hydrogen-bond acceptors (Lipinski definition) is 4. The molecule has 0 saturated carbocycles. The summed E-state index contributed by atoms with van der Waals surface area (Å²) in [5, 5.41) is 17.0. The van der Waals surface area contributed by atoms with Crippen molar-refractivity contribution < 1.29 is 14.3 Å². The maximum absolute atomic E-state index is 11.1. The van der Waals surface area contributed by atoms with Gasteiger partial charge in [0, 0.05) is 6.42 Å². The fourth-order valence-corrected chi connectivity index (χ4v) is 2.00. The minimum Gasteiger partial charge on any atom is -0.478 e. The van der Waals surface area contributed by atoms with Gasteiger partial charge in [-0.15, -0.1) is 5.10 Å². The molecule has 2 heterocycles. The number of benzene rings is 1. The van der Waals surface area contributed by atoms with Gasteiger partial charge < -0.3 is 9.52 Å². The van der Waals surface area contributed by atoms with E-state index in [1.54, 1.807) is 17.0 Å². The Balaban J connectivity index is 1.92. The van der Waals surface area contributed by atoms with Gasteiger partial charge in [0.05, 0.1) is 23.9 Å². The van der Waals surface area contributed by atoms with E-state index < -0.39 is 5.97 Å². The Morgan fingerprint density at radius 2 is 2.21 bits per heavy atom. The number of carboxylic acid groups (broad SMARTS) is 1. The monoisotopic (exact) mass is 257 g/mol. The predicted octanol–water partition coefficient (Wildman–Crippen LogP) is 1.97. The van der Waals surface area contributed by atoms with E-state index >= 15 is 0 Å². The van der Waals surface area contributed by atoms with Crippen molar-refractivity contribution in [3.8, 4) is 0 Å². The number of carbonyl (C=O) groups is 1. The fourth-order valence-electron chi connectivity index (χ4n) is 2.00. The van der Waals surface area contributed by atoms with Gasteiger partial charge in [0.2, 0.25) is 0 Å². The maximum atomic E-state index is 11.1. The summed E-state index contributed by atoms with van der Waals surface area (Å²) in [7, 11) is 0. The molecular weight excluding hydrogens is 246 g/mol. The number of nitrogens with zero attached hydrogens (tertiary/aromatic N) is 3. The third-order valence-electron chi connectivity index (χ3n) is 2.93. The van der Waals surface area contributed by atoms with Gasteiger partial charge in [0.1, 0.15) is 11.3 Å². The molecule has 0 aliphatic carbocycles. The normalized spacial score (nSPS) is 10.9. The first-order valence-electron chi connectivity index (χ1n) is 5.83. The number of aromatic nitrogens is 3. The number of hydrogen-bond donors (Lipinski definition) is 1. The first-order valence-corrected chi connectivity index (χ1v) is 5.83. The Morgan fingerprint density at radius 3 is 2.95 bits per heavy atom. The molecular formula is C13H11N3O3. The highest BCUT2D eigenvalue weighted by Crippen LogP contribution is 2.16. The van der Waals surface area contributed by atoms with Crippen molar-refractivity contribution in [3.05, 3.63) is 47.9 Å². The summed E-state index contributed by atoms with van der Waals surface area (Å²) < 4.78 is 6.93. The molecule has 3 rings (SSSR count). The lowest BCUT2D eigenvalue weighted by Gasteiger charge is -2.01. The summed E-state index contributed by atoms with van der Waals surface area (Å²) in [6, 6.07) is 8.75. The zero-order chi connectivity index (χ0) is 13.2. The van der Waals surface area contributed by atoms with Gasteiger partial charge >= 0.3 is 5.97 Å². The summed E-state index contributed by atoms with van der Waals surface area (Å²) in [4.78, 5) is 11.1. The van der Waals surface area contributed by atoms with Crippen LogP contribution in [-0.2, 0) is 13.0 Å². The van der Waals surface area contributed by atoms with Gasteiger partial charge in [-0.2, -0.15) is 0 Å². The molecule has 6 heteroatoms. The predicted molar refractivity (Wildman–Crippen MR) is 66.9 cm³/mol. The number of furan rings is 1. The van der Waals surface area contributed by atoms with Gasteiger partial charge in [0.15, 0.2) is 0 Å². The van der Waals surface area contributed by atoms with Crippen LogP contribution in [0, 0.1) is 0 Å². The molecule has 0 fully saturated rings. The van der Waals surface area contributed by atoms with Crippen LogP contribution in [-0.4, -0.2) is 26.1 Å². The highest BCUT2D eigenvalue weighted by atomic mass is 16.4. The molecule has 0 saturated heterocycles. The van der Waals surface area contributed by atoms with E-state index in [-0.39, 0.29) is 5.56 Å². The molecule has 0 unspecified atom stereocenters. The Morgan fingerprint density at radius 1 is 1.32 bits per heavy atom. The number of aromatic carboxylic acids is 1. The van der Waals surface area contributed by atoms with E-state index in [0.29, 0.717) is 24.0 Å². The summed E-state index contributed by atoms with van der Waals surface area (Å²) in [6.07, 6.45) is 2.31.